The molecule has 1 heterocycles. The van der Waals surface area contributed by atoms with Crippen molar-refractivity contribution in [1.29, 1.82) is 0 Å². The fourth-order valence-electron chi connectivity index (χ4n) is 2.32. The van der Waals surface area contributed by atoms with Gasteiger partial charge in [-0.3, -0.25) is 16.0 Å². The number of hydrogen-bond acceptors (Lipinski definition) is 4. The first kappa shape index (κ1) is 16.1. The highest BCUT2D eigenvalue weighted by Crippen LogP contribution is 2.23. The van der Waals surface area contributed by atoms with Crippen molar-refractivity contribution in [3.8, 4) is 0 Å². The Hall–Kier alpha value is -0.910. The second-order valence-electron chi connectivity index (χ2n) is 5.91. The second-order valence-corrected chi connectivity index (χ2v) is 5.91. The highest BCUT2D eigenvalue weighted by molar-refractivity contribution is 5.06. The summed E-state index contributed by atoms with van der Waals surface area (Å²) in [7, 11) is 4.20. The van der Waals surface area contributed by atoms with Crippen LogP contribution >= 0.6 is 0 Å². The highest BCUT2D eigenvalue weighted by atomic mass is 15.3. The van der Waals surface area contributed by atoms with Crippen LogP contribution in [0, 0.1) is 0 Å². The van der Waals surface area contributed by atoms with Crippen LogP contribution in [0.1, 0.15) is 45.9 Å². The molecule has 0 amide bonds. The molecule has 2 unspecified atom stereocenters. The summed E-state index contributed by atoms with van der Waals surface area (Å²) in [6, 6.07) is 2.64. The van der Waals surface area contributed by atoms with E-state index in [0.29, 0.717) is 6.04 Å². The minimum Gasteiger partial charge on any atom is -0.302 e. The third kappa shape index (κ3) is 3.55. The van der Waals surface area contributed by atoms with Crippen LogP contribution in [0.3, 0.4) is 0 Å². The molecule has 5 heteroatoms. The quantitative estimate of drug-likeness (QED) is 0.581. The molecule has 1 aromatic rings. The molecule has 5 nitrogen and oxygen atoms in total. The van der Waals surface area contributed by atoms with E-state index in [9.17, 15) is 0 Å². The lowest BCUT2D eigenvalue weighted by Crippen LogP contribution is -2.59. The first-order valence-electron chi connectivity index (χ1n) is 7.02. The molecule has 0 radical (unpaired) electrons. The summed E-state index contributed by atoms with van der Waals surface area (Å²) < 4.78 is 1.99. The number of hydrazine groups is 1. The normalized spacial score (nSPS) is 16.9. The van der Waals surface area contributed by atoms with Gasteiger partial charge in [0.1, 0.15) is 0 Å². The van der Waals surface area contributed by atoms with Crippen LogP contribution in [0.15, 0.2) is 12.3 Å². The van der Waals surface area contributed by atoms with E-state index in [1.54, 1.807) is 0 Å². The second kappa shape index (κ2) is 6.50. The minimum absolute atomic E-state index is 0.0103. The van der Waals surface area contributed by atoms with Crippen molar-refractivity contribution in [2.45, 2.75) is 58.2 Å². The van der Waals surface area contributed by atoms with Crippen molar-refractivity contribution < 1.29 is 0 Å². The number of aromatic nitrogens is 2. The lowest BCUT2D eigenvalue weighted by Gasteiger charge is -2.42. The number of likely N-dealkylation sites (N-methyl/N-ethyl adjacent to an activating group) is 1. The van der Waals surface area contributed by atoms with Crippen LogP contribution in [0.4, 0.5) is 0 Å². The zero-order valence-electron chi connectivity index (χ0n) is 13.1. The fraction of sp³-hybridized carbons (Fsp3) is 0.786. The van der Waals surface area contributed by atoms with Crippen LogP contribution in [-0.4, -0.2) is 40.4 Å². The molecule has 3 N–H and O–H groups in total. The van der Waals surface area contributed by atoms with Crippen LogP contribution in [0.5, 0.6) is 0 Å². The monoisotopic (exact) mass is 267 g/mol. The number of hydrogen-bond donors (Lipinski definition) is 2. The molecule has 0 aliphatic carbocycles. The zero-order valence-corrected chi connectivity index (χ0v) is 13.1. The van der Waals surface area contributed by atoms with E-state index in [4.69, 9.17) is 5.84 Å². The van der Waals surface area contributed by atoms with Crippen molar-refractivity contribution in [3.05, 3.63) is 18.0 Å². The van der Waals surface area contributed by atoms with Gasteiger partial charge in [0.15, 0.2) is 0 Å². The summed E-state index contributed by atoms with van der Waals surface area (Å²) in [5.74, 6) is 5.78. The van der Waals surface area contributed by atoms with Gasteiger partial charge in [0.25, 0.3) is 0 Å². The van der Waals surface area contributed by atoms with Gasteiger partial charge in [-0.15, -0.1) is 0 Å². The standard InChI is InChI=1S/C14H29N5/c1-7-14(4,18(5)6)13(16-15)10-12-8-9-19(17-12)11(2)3/h8-9,11,13,16H,7,10,15H2,1-6H3. The van der Waals surface area contributed by atoms with E-state index in [0.717, 1.165) is 18.5 Å². The van der Waals surface area contributed by atoms with Crippen molar-refractivity contribution in [2.75, 3.05) is 14.1 Å². The van der Waals surface area contributed by atoms with Gasteiger partial charge < -0.3 is 4.90 Å². The molecule has 19 heavy (non-hydrogen) atoms. The smallest absolute Gasteiger partial charge is 0.0641 e. The summed E-state index contributed by atoms with van der Waals surface area (Å²) in [6.45, 7) is 8.69. The molecule has 1 aromatic heterocycles. The summed E-state index contributed by atoms with van der Waals surface area (Å²) in [6.07, 6.45) is 3.89. The van der Waals surface area contributed by atoms with E-state index in [1.165, 1.54) is 0 Å². The maximum absolute atomic E-state index is 5.78. The average Bonchev–Trinajstić information content (AvgIpc) is 2.83. The maximum Gasteiger partial charge on any atom is 0.0641 e. The summed E-state index contributed by atoms with van der Waals surface area (Å²) in [5, 5.41) is 4.61. The van der Waals surface area contributed by atoms with E-state index >= 15 is 0 Å². The molecule has 110 valence electrons. The molecule has 0 fully saturated rings. The van der Waals surface area contributed by atoms with Crippen molar-refractivity contribution in [2.24, 2.45) is 5.84 Å². The largest absolute Gasteiger partial charge is 0.302 e. The highest BCUT2D eigenvalue weighted by Gasteiger charge is 2.34. The zero-order chi connectivity index (χ0) is 14.6. The van der Waals surface area contributed by atoms with Crippen LogP contribution < -0.4 is 11.3 Å². The first-order valence-corrected chi connectivity index (χ1v) is 7.02. The molecular weight excluding hydrogens is 238 g/mol. The first-order chi connectivity index (χ1) is 8.85. The molecule has 0 spiro atoms. The number of nitrogens with one attached hydrogen (secondary N) is 1. The topological polar surface area (TPSA) is 59.1 Å². The average molecular weight is 267 g/mol. The van der Waals surface area contributed by atoms with Crippen molar-refractivity contribution in [1.82, 2.24) is 20.1 Å². The van der Waals surface area contributed by atoms with E-state index in [1.807, 2.05) is 10.9 Å². The number of rotatable bonds is 7. The van der Waals surface area contributed by atoms with E-state index in [2.05, 4.69) is 63.3 Å². The van der Waals surface area contributed by atoms with Gasteiger partial charge in [0.05, 0.1) is 5.69 Å². The number of nitrogens with two attached hydrogens (primary N) is 1. The third-order valence-corrected chi connectivity index (χ3v) is 4.30. The predicted octanol–water partition coefficient (Wildman–Crippen LogP) is 1.57. The van der Waals surface area contributed by atoms with Crippen LogP contribution in [0.2, 0.25) is 0 Å². The Bertz CT molecular complexity index is 385. The Labute approximate surface area is 117 Å². The van der Waals surface area contributed by atoms with Crippen LogP contribution in [0.25, 0.3) is 0 Å². The Morgan fingerprint density at radius 2 is 2.11 bits per heavy atom. The van der Waals surface area contributed by atoms with Gasteiger partial charge in [-0.2, -0.15) is 5.10 Å². The summed E-state index contributed by atoms with van der Waals surface area (Å²) in [4.78, 5) is 2.23. The van der Waals surface area contributed by atoms with Crippen molar-refractivity contribution >= 4 is 0 Å². The van der Waals surface area contributed by atoms with Gasteiger partial charge in [-0.25, -0.2) is 0 Å². The predicted molar refractivity (Wildman–Crippen MR) is 79.8 cm³/mol. The van der Waals surface area contributed by atoms with Gasteiger partial charge in [-0.1, -0.05) is 6.92 Å². The molecular formula is C14H29N5. The SMILES string of the molecule is CCC(C)(C(Cc1ccn(C(C)C)n1)NN)N(C)C. The Morgan fingerprint density at radius 3 is 2.47 bits per heavy atom. The molecule has 0 saturated carbocycles. The van der Waals surface area contributed by atoms with Gasteiger partial charge in [0, 0.05) is 30.2 Å². The van der Waals surface area contributed by atoms with Gasteiger partial charge >= 0.3 is 0 Å². The fourth-order valence-corrected chi connectivity index (χ4v) is 2.32. The Balaban J connectivity index is 2.86. The summed E-state index contributed by atoms with van der Waals surface area (Å²) >= 11 is 0. The van der Waals surface area contributed by atoms with E-state index < -0.39 is 0 Å². The summed E-state index contributed by atoms with van der Waals surface area (Å²) in [5.41, 5.74) is 4.06. The third-order valence-electron chi connectivity index (χ3n) is 4.30. The van der Waals surface area contributed by atoms with Crippen LogP contribution in [-0.2, 0) is 6.42 Å². The van der Waals surface area contributed by atoms with Gasteiger partial charge in [0.2, 0.25) is 0 Å². The Morgan fingerprint density at radius 1 is 1.47 bits per heavy atom. The Kier molecular flexibility index (Phi) is 5.52. The maximum atomic E-state index is 5.78. The lowest BCUT2D eigenvalue weighted by molar-refractivity contribution is 0.112. The van der Waals surface area contributed by atoms with Crippen molar-refractivity contribution in [3.63, 3.8) is 0 Å². The lowest BCUT2D eigenvalue weighted by atomic mass is 9.85. The molecule has 0 bridgehead atoms. The van der Waals surface area contributed by atoms with E-state index in [-0.39, 0.29) is 11.6 Å². The van der Waals surface area contributed by atoms with Gasteiger partial charge in [-0.05, 0) is 47.4 Å². The molecule has 0 aliphatic rings. The molecule has 1 rings (SSSR count). The minimum atomic E-state index is 0.0103. The molecule has 0 aromatic carbocycles. The molecule has 2 atom stereocenters. The molecule has 0 saturated heterocycles. The number of nitrogens with zero attached hydrogens (tertiary/aromatic N) is 3. The molecule has 0 aliphatic heterocycles.